The summed E-state index contributed by atoms with van der Waals surface area (Å²) in [6.45, 7) is 3.42. The summed E-state index contributed by atoms with van der Waals surface area (Å²) in [4.78, 5) is 11.0. The van der Waals surface area contributed by atoms with Gasteiger partial charge in [-0.15, -0.1) is 12.4 Å². The van der Waals surface area contributed by atoms with Crippen molar-refractivity contribution < 1.29 is 4.79 Å². The Hall–Kier alpha value is -0.770. The molecule has 0 saturated heterocycles. The van der Waals surface area contributed by atoms with E-state index in [0.717, 1.165) is 37.2 Å². The highest BCUT2D eigenvalue weighted by atomic mass is 35.5. The van der Waals surface area contributed by atoms with Gasteiger partial charge in [-0.05, 0) is 43.1 Å². The lowest BCUT2D eigenvalue weighted by atomic mass is 10.0. The number of carbonyl (C=O) groups excluding carboxylic acids is 1. The number of benzene rings is 1. The molecule has 0 bridgehead atoms. The van der Waals surface area contributed by atoms with Gasteiger partial charge in [-0.1, -0.05) is 17.7 Å². The molecule has 0 atom stereocenters. The highest BCUT2D eigenvalue weighted by Gasteiger charge is 2.14. The van der Waals surface area contributed by atoms with Crippen molar-refractivity contribution in [3.63, 3.8) is 0 Å². The molecule has 1 aromatic carbocycles. The number of carbonyl (C=O) groups is 1. The first kappa shape index (κ1) is 14.3. The van der Waals surface area contributed by atoms with E-state index in [4.69, 9.17) is 11.6 Å². The SMILES string of the molecule is CC(=O)Nc1ccc2c(c1Cl)CCNCC2.Cl. The van der Waals surface area contributed by atoms with Gasteiger partial charge in [-0.2, -0.15) is 0 Å². The number of rotatable bonds is 1. The topological polar surface area (TPSA) is 41.1 Å². The van der Waals surface area contributed by atoms with Gasteiger partial charge in [0, 0.05) is 6.92 Å². The Balaban J connectivity index is 0.00000144. The molecule has 0 fully saturated rings. The van der Waals surface area contributed by atoms with Crippen LogP contribution in [0.5, 0.6) is 0 Å². The van der Waals surface area contributed by atoms with Crippen molar-refractivity contribution >= 4 is 35.6 Å². The Bertz CT molecular complexity index is 421. The summed E-state index contributed by atoms with van der Waals surface area (Å²) < 4.78 is 0. The summed E-state index contributed by atoms with van der Waals surface area (Å²) in [7, 11) is 0. The van der Waals surface area contributed by atoms with Crippen LogP contribution in [0.3, 0.4) is 0 Å². The number of amides is 1. The third-order valence-corrected chi connectivity index (χ3v) is 3.21. The predicted octanol–water partition coefficient (Wildman–Crippen LogP) is 2.41. The van der Waals surface area contributed by atoms with E-state index < -0.39 is 0 Å². The van der Waals surface area contributed by atoms with Crippen LogP contribution in [0, 0.1) is 0 Å². The normalized spacial score (nSPS) is 14.2. The van der Waals surface area contributed by atoms with Crippen LogP contribution in [-0.2, 0) is 17.6 Å². The fourth-order valence-corrected chi connectivity index (χ4v) is 2.34. The number of hydrogen-bond acceptors (Lipinski definition) is 2. The third-order valence-electron chi connectivity index (χ3n) is 2.77. The van der Waals surface area contributed by atoms with Crippen molar-refractivity contribution in [3.8, 4) is 0 Å². The molecule has 0 spiro atoms. The Labute approximate surface area is 112 Å². The van der Waals surface area contributed by atoms with Crippen molar-refractivity contribution in [1.82, 2.24) is 5.32 Å². The zero-order valence-electron chi connectivity index (χ0n) is 9.68. The Morgan fingerprint density at radius 1 is 1.35 bits per heavy atom. The highest BCUT2D eigenvalue weighted by Crippen LogP contribution is 2.30. The van der Waals surface area contributed by atoms with Crippen LogP contribution >= 0.6 is 24.0 Å². The molecule has 1 aliphatic heterocycles. The summed E-state index contributed by atoms with van der Waals surface area (Å²) in [5.74, 6) is -0.0893. The molecule has 0 radical (unpaired) electrons. The Kier molecular flexibility index (Phi) is 5.25. The number of hydrogen-bond donors (Lipinski definition) is 2. The van der Waals surface area contributed by atoms with Crippen LogP contribution in [-0.4, -0.2) is 19.0 Å². The summed E-state index contributed by atoms with van der Waals surface area (Å²) >= 11 is 6.30. The molecule has 0 saturated carbocycles. The minimum absolute atomic E-state index is 0. The van der Waals surface area contributed by atoms with E-state index in [0.29, 0.717) is 5.02 Å². The summed E-state index contributed by atoms with van der Waals surface area (Å²) in [5, 5.41) is 6.78. The lowest BCUT2D eigenvalue weighted by Gasteiger charge is -2.12. The number of fused-ring (bicyclic) bond motifs is 1. The maximum absolute atomic E-state index is 11.0. The van der Waals surface area contributed by atoms with E-state index in [1.165, 1.54) is 12.5 Å². The molecule has 2 rings (SSSR count). The molecule has 3 nitrogen and oxygen atoms in total. The smallest absolute Gasteiger partial charge is 0.221 e. The minimum atomic E-state index is -0.0893. The molecule has 0 aromatic heterocycles. The predicted molar refractivity (Wildman–Crippen MR) is 73.3 cm³/mol. The van der Waals surface area contributed by atoms with E-state index in [2.05, 4.69) is 16.7 Å². The van der Waals surface area contributed by atoms with Crippen LogP contribution in [0.4, 0.5) is 5.69 Å². The maximum atomic E-state index is 11.0. The van der Waals surface area contributed by atoms with E-state index in [1.54, 1.807) is 0 Å². The van der Waals surface area contributed by atoms with Crippen molar-refractivity contribution in [2.75, 3.05) is 18.4 Å². The van der Waals surface area contributed by atoms with Crippen LogP contribution in [0.15, 0.2) is 12.1 Å². The maximum Gasteiger partial charge on any atom is 0.221 e. The molecule has 94 valence electrons. The Morgan fingerprint density at radius 3 is 2.76 bits per heavy atom. The van der Waals surface area contributed by atoms with Crippen molar-refractivity contribution in [3.05, 3.63) is 28.3 Å². The van der Waals surface area contributed by atoms with Gasteiger partial charge in [0.15, 0.2) is 0 Å². The third kappa shape index (κ3) is 3.35. The number of nitrogens with one attached hydrogen (secondary N) is 2. The number of anilines is 1. The van der Waals surface area contributed by atoms with Crippen molar-refractivity contribution in [1.29, 1.82) is 0 Å². The molecule has 1 heterocycles. The largest absolute Gasteiger partial charge is 0.325 e. The van der Waals surface area contributed by atoms with Crippen LogP contribution < -0.4 is 10.6 Å². The molecule has 17 heavy (non-hydrogen) atoms. The average molecular weight is 275 g/mol. The van der Waals surface area contributed by atoms with E-state index >= 15 is 0 Å². The zero-order valence-corrected chi connectivity index (χ0v) is 11.3. The lowest BCUT2D eigenvalue weighted by molar-refractivity contribution is -0.114. The second-order valence-electron chi connectivity index (χ2n) is 4.00. The molecule has 5 heteroatoms. The summed E-state index contributed by atoms with van der Waals surface area (Å²) in [6.07, 6.45) is 1.91. The number of halogens is 2. The van der Waals surface area contributed by atoms with Gasteiger partial charge < -0.3 is 10.6 Å². The molecule has 1 aromatic rings. The first-order valence-electron chi connectivity index (χ1n) is 5.47. The second-order valence-corrected chi connectivity index (χ2v) is 4.37. The first-order valence-corrected chi connectivity index (χ1v) is 5.85. The fourth-order valence-electron chi connectivity index (χ4n) is 2.01. The van der Waals surface area contributed by atoms with Crippen LogP contribution in [0.2, 0.25) is 5.02 Å². The summed E-state index contributed by atoms with van der Waals surface area (Å²) in [6, 6.07) is 3.94. The fraction of sp³-hybridized carbons (Fsp3) is 0.417. The molecule has 1 amide bonds. The monoisotopic (exact) mass is 274 g/mol. The van der Waals surface area contributed by atoms with Gasteiger partial charge in [-0.3, -0.25) is 4.79 Å². The molecule has 1 aliphatic rings. The van der Waals surface area contributed by atoms with Crippen molar-refractivity contribution in [2.24, 2.45) is 0 Å². The molecular weight excluding hydrogens is 259 g/mol. The van der Waals surface area contributed by atoms with E-state index in [-0.39, 0.29) is 18.3 Å². The van der Waals surface area contributed by atoms with Crippen LogP contribution in [0.1, 0.15) is 18.1 Å². The average Bonchev–Trinajstić information content (AvgIpc) is 2.47. The molecule has 2 N–H and O–H groups in total. The van der Waals surface area contributed by atoms with E-state index in [9.17, 15) is 4.79 Å². The van der Waals surface area contributed by atoms with Crippen molar-refractivity contribution in [2.45, 2.75) is 19.8 Å². The van der Waals surface area contributed by atoms with Gasteiger partial charge in [0.1, 0.15) is 0 Å². The summed E-state index contributed by atoms with van der Waals surface area (Å²) in [5.41, 5.74) is 3.16. The Morgan fingerprint density at radius 2 is 2.06 bits per heavy atom. The second kappa shape index (κ2) is 6.24. The lowest BCUT2D eigenvalue weighted by Crippen LogP contribution is -2.16. The van der Waals surface area contributed by atoms with Crippen LogP contribution in [0.25, 0.3) is 0 Å². The van der Waals surface area contributed by atoms with E-state index in [1.807, 2.05) is 6.07 Å². The highest BCUT2D eigenvalue weighted by molar-refractivity contribution is 6.34. The quantitative estimate of drug-likeness (QED) is 0.826. The van der Waals surface area contributed by atoms with Gasteiger partial charge in [0.2, 0.25) is 5.91 Å². The van der Waals surface area contributed by atoms with Gasteiger partial charge in [-0.25, -0.2) is 0 Å². The standard InChI is InChI=1S/C12H15ClN2O.ClH/c1-8(16)15-11-3-2-9-4-6-14-7-5-10(9)12(11)13;/h2-3,14H,4-7H2,1H3,(H,15,16);1H. The molecule has 0 aliphatic carbocycles. The minimum Gasteiger partial charge on any atom is -0.325 e. The van der Waals surface area contributed by atoms with Gasteiger partial charge >= 0.3 is 0 Å². The molecule has 0 unspecified atom stereocenters. The van der Waals surface area contributed by atoms with Gasteiger partial charge in [0.25, 0.3) is 0 Å². The first-order chi connectivity index (χ1) is 7.68. The zero-order chi connectivity index (χ0) is 11.5. The van der Waals surface area contributed by atoms with Gasteiger partial charge in [0.05, 0.1) is 10.7 Å². The molecular formula is C12H16Cl2N2O.